The summed E-state index contributed by atoms with van der Waals surface area (Å²) in [7, 11) is -3.56. The van der Waals surface area contributed by atoms with E-state index >= 15 is 0 Å². The summed E-state index contributed by atoms with van der Waals surface area (Å²) in [5, 5.41) is 3.22. The molecule has 1 aromatic carbocycles. The van der Waals surface area contributed by atoms with Gasteiger partial charge in [0, 0.05) is 12.2 Å². The zero-order valence-corrected chi connectivity index (χ0v) is 12.8. The van der Waals surface area contributed by atoms with E-state index in [1.54, 1.807) is 25.1 Å². The minimum Gasteiger partial charge on any atom is -0.465 e. The van der Waals surface area contributed by atoms with Gasteiger partial charge in [-0.15, -0.1) is 0 Å². The van der Waals surface area contributed by atoms with E-state index in [2.05, 4.69) is 10.0 Å². The van der Waals surface area contributed by atoms with Crippen molar-refractivity contribution >= 4 is 15.7 Å². The highest BCUT2D eigenvalue weighted by Gasteiger charge is 2.22. The third kappa shape index (κ3) is 2.82. The van der Waals surface area contributed by atoms with Gasteiger partial charge in [-0.25, -0.2) is 13.1 Å². The molecule has 21 heavy (non-hydrogen) atoms. The predicted molar refractivity (Wildman–Crippen MR) is 80.8 cm³/mol. The first kappa shape index (κ1) is 14.2. The molecule has 1 atom stereocenters. The summed E-state index contributed by atoms with van der Waals surface area (Å²) in [6.07, 6.45) is 0.853. The van der Waals surface area contributed by atoms with E-state index in [4.69, 9.17) is 4.42 Å². The van der Waals surface area contributed by atoms with E-state index in [1.165, 1.54) is 0 Å². The Bertz CT molecular complexity index is 765. The van der Waals surface area contributed by atoms with Crippen molar-refractivity contribution in [1.82, 2.24) is 4.72 Å². The lowest BCUT2D eigenvalue weighted by atomic mass is 10.2. The summed E-state index contributed by atoms with van der Waals surface area (Å²) in [4.78, 5) is 0.292. The summed E-state index contributed by atoms with van der Waals surface area (Å²) in [5.41, 5.74) is 2.06. The number of fused-ring (bicyclic) bond motifs is 1. The third-order valence-corrected chi connectivity index (χ3v) is 5.16. The van der Waals surface area contributed by atoms with Crippen LogP contribution in [0.2, 0.25) is 0 Å². The fourth-order valence-corrected chi connectivity index (χ4v) is 3.76. The highest BCUT2D eigenvalue weighted by molar-refractivity contribution is 7.89. The van der Waals surface area contributed by atoms with Crippen LogP contribution in [0.4, 0.5) is 5.69 Å². The van der Waals surface area contributed by atoms with Crippen LogP contribution in [0.25, 0.3) is 0 Å². The maximum absolute atomic E-state index is 12.4. The van der Waals surface area contributed by atoms with E-state index < -0.39 is 16.1 Å². The number of hydrogen-bond donors (Lipinski definition) is 2. The Morgan fingerprint density at radius 3 is 2.81 bits per heavy atom. The van der Waals surface area contributed by atoms with Gasteiger partial charge in [0.05, 0.1) is 10.9 Å². The molecule has 1 aromatic heterocycles. The molecule has 0 saturated carbocycles. The lowest BCUT2D eigenvalue weighted by Gasteiger charge is -2.13. The zero-order valence-electron chi connectivity index (χ0n) is 12.0. The molecular weight excluding hydrogens is 288 g/mol. The Morgan fingerprint density at radius 1 is 1.29 bits per heavy atom. The summed E-state index contributed by atoms with van der Waals surface area (Å²) in [6, 6.07) is 8.38. The second-order valence-electron chi connectivity index (χ2n) is 5.29. The van der Waals surface area contributed by atoms with Gasteiger partial charge in [0.25, 0.3) is 0 Å². The number of nitrogens with one attached hydrogen (secondary N) is 2. The normalized spacial score (nSPS) is 15.5. The number of rotatable bonds is 4. The minimum atomic E-state index is -3.56. The standard InChI is InChI=1S/C15H18N2O3S/c1-10-3-6-15(20-10)11(2)17-21(18,19)13-4-5-14-12(9-13)7-8-16-14/h3-6,9,11,16-17H,7-8H2,1-2H3. The minimum absolute atomic E-state index is 0.292. The second-order valence-corrected chi connectivity index (χ2v) is 7.00. The van der Waals surface area contributed by atoms with Crippen molar-refractivity contribution in [2.75, 3.05) is 11.9 Å². The highest BCUT2D eigenvalue weighted by Crippen LogP contribution is 2.26. The molecule has 1 aliphatic rings. The second kappa shape index (κ2) is 5.20. The average Bonchev–Trinajstić information content (AvgIpc) is 3.05. The number of hydrogen-bond acceptors (Lipinski definition) is 4. The number of furan rings is 1. The molecular formula is C15H18N2O3S. The topological polar surface area (TPSA) is 71.3 Å². The Labute approximate surface area is 124 Å². The summed E-state index contributed by atoms with van der Waals surface area (Å²) >= 11 is 0. The van der Waals surface area contributed by atoms with Gasteiger partial charge in [0.15, 0.2) is 0 Å². The van der Waals surface area contributed by atoms with E-state index in [0.29, 0.717) is 10.7 Å². The molecule has 0 fully saturated rings. The van der Waals surface area contributed by atoms with Crippen molar-refractivity contribution in [2.24, 2.45) is 0 Å². The van der Waals surface area contributed by atoms with E-state index in [9.17, 15) is 8.42 Å². The van der Waals surface area contributed by atoms with Crippen molar-refractivity contribution < 1.29 is 12.8 Å². The van der Waals surface area contributed by atoms with Crippen LogP contribution >= 0.6 is 0 Å². The number of aryl methyl sites for hydroxylation is 1. The number of sulfonamides is 1. The van der Waals surface area contributed by atoms with Crippen LogP contribution in [0, 0.1) is 6.92 Å². The van der Waals surface area contributed by atoms with Gasteiger partial charge in [-0.05, 0) is 56.2 Å². The van der Waals surface area contributed by atoms with Crippen LogP contribution in [0.5, 0.6) is 0 Å². The molecule has 0 amide bonds. The van der Waals surface area contributed by atoms with Crippen molar-refractivity contribution in [3.8, 4) is 0 Å². The lowest BCUT2D eigenvalue weighted by molar-refractivity contribution is 0.441. The third-order valence-electron chi connectivity index (χ3n) is 3.62. The fraction of sp³-hybridized carbons (Fsp3) is 0.333. The van der Waals surface area contributed by atoms with Gasteiger partial charge in [-0.3, -0.25) is 0 Å². The molecule has 1 unspecified atom stereocenters. The summed E-state index contributed by atoms with van der Waals surface area (Å²) in [5.74, 6) is 1.37. The Morgan fingerprint density at radius 2 is 2.10 bits per heavy atom. The molecule has 0 saturated heterocycles. The van der Waals surface area contributed by atoms with Crippen molar-refractivity contribution in [1.29, 1.82) is 0 Å². The van der Waals surface area contributed by atoms with E-state index in [0.717, 1.165) is 30.0 Å². The lowest BCUT2D eigenvalue weighted by Crippen LogP contribution is -2.26. The quantitative estimate of drug-likeness (QED) is 0.911. The first-order chi connectivity index (χ1) is 9.95. The highest BCUT2D eigenvalue weighted by atomic mass is 32.2. The molecule has 0 aliphatic carbocycles. The molecule has 1 aliphatic heterocycles. The van der Waals surface area contributed by atoms with Crippen molar-refractivity contribution in [3.63, 3.8) is 0 Å². The Hall–Kier alpha value is -1.79. The zero-order chi connectivity index (χ0) is 15.0. The van der Waals surface area contributed by atoms with Gasteiger partial charge in [0.2, 0.25) is 10.0 Å². The number of anilines is 1. The van der Waals surface area contributed by atoms with Crippen LogP contribution < -0.4 is 10.0 Å². The average molecular weight is 306 g/mol. The summed E-state index contributed by atoms with van der Waals surface area (Å²) < 4.78 is 33.0. The van der Waals surface area contributed by atoms with Crippen molar-refractivity contribution in [2.45, 2.75) is 31.2 Å². The Balaban J connectivity index is 1.83. The van der Waals surface area contributed by atoms with E-state index in [-0.39, 0.29) is 0 Å². The molecule has 2 aromatic rings. The van der Waals surface area contributed by atoms with Crippen LogP contribution in [0.1, 0.15) is 30.0 Å². The molecule has 0 bridgehead atoms. The van der Waals surface area contributed by atoms with Crippen LogP contribution in [0.15, 0.2) is 39.6 Å². The first-order valence-electron chi connectivity index (χ1n) is 6.91. The van der Waals surface area contributed by atoms with Crippen LogP contribution in [-0.2, 0) is 16.4 Å². The van der Waals surface area contributed by atoms with Gasteiger partial charge in [-0.2, -0.15) is 0 Å². The molecule has 6 heteroatoms. The molecule has 2 heterocycles. The fourth-order valence-electron chi connectivity index (χ4n) is 2.49. The first-order valence-corrected chi connectivity index (χ1v) is 8.39. The molecule has 2 N–H and O–H groups in total. The number of benzene rings is 1. The van der Waals surface area contributed by atoms with Gasteiger partial charge < -0.3 is 9.73 Å². The Kier molecular flexibility index (Phi) is 3.51. The maximum Gasteiger partial charge on any atom is 0.241 e. The largest absolute Gasteiger partial charge is 0.465 e. The van der Waals surface area contributed by atoms with Crippen LogP contribution in [0.3, 0.4) is 0 Å². The monoisotopic (exact) mass is 306 g/mol. The van der Waals surface area contributed by atoms with Crippen LogP contribution in [-0.4, -0.2) is 15.0 Å². The maximum atomic E-state index is 12.4. The SMILES string of the molecule is Cc1ccc(C(C)NS(=O)(=O)c2ccc3c(c2)CCN3)o1. The molecule has 0 spiro atoms. The predicted octanol–water partition coefficient (Wildman–Crippen LogP) is 2.60. The molecule has 0 radical (unpaired) electrons. The van der Waals surface area contributed by atoms with Gasteiger partial charge in [-0.1, -0.05) is 0 Å². The molecule has 5 nitrogen and oxygen atoms in total. The van der Waals surface area contributed by atoms with E-state index in [1.807, 2.05) is 19.1 Å². The molecule has 112 valence electrons. The smallest absolute Gasteiger partial charge is 0.241 e. The summed E-state index contributed by atoms with van der Waals surface area (Å²) in [6.45, 7) is 4.46. The van der Waals surface area contributed by atoms with Gasteiger partial charge >= 0.3 is 0 Å². The molecule has 3 rings (SSSR count). The van der Waals surface area contributed by atoms with Gasteiger partial charge in [0.1, 0.15) is 11.5 Å². The van der Waals surface area contributed by atoms with Crippen molar-refractivity contribution in [3.05, 3.63) is 47.4 Å².